The molecule has 0 fully saturated rings. The lowest BCUT2D eigenvalue weighted by Crippen LogP contribution is -2.12. The highest BCUT2D eigenvalue weighted by Crippen LogP contribution is 2.36. The first-order valence-corrected chi connectivity index (χ1v) is 4.77. The van der Waals surface area contributed by atoms with Gasteiger partial charge in [-0.3, -0.25) is 0 Å². The third-order valence-electron chi connectivity index (χ3n) is 2.33. The molecule has 1 aromatic heterocycles. The minimum Gasteiger partial charge on any atom is -0.323 e. The minimum absolute atomic E-state index is 0.0402. The minimum atomic E-state index is -4.55. The van der Waals surface area contributed by atoms with Crippen LogP contribution in [0.1, 0.15) is 11.1 Å². The van der Waals surface area contributed by atoms with E-state index in [4.69, 9.17) is 5.26 Å². The summed E-state index contributed by atoms with van der Waals surface area (Å²) >= 11 is 0. The van der Waals surface area contributed by atoms with Gasteiger partial charge in [-0.1, -0.05) is 6.07 Å². The Morgan fingerprint density at radius 3 is 2.24 bits per heavy atom. The molecule has 0 unspecified atom stereocenters. The molecule has 0 bridgehead atoms. The molecule has 2 aromatic rings. The molecule has 0 amide bonds. The molecule has 1 aromatic carbocycles. The molecule has 86 valence electrons. The Balaban J connectivity index is 2.73. The zero-order valence-electron chi connectivity index (χ0n) is 8.57. The van der Waals surface area contributed by atoms with E-state index in [1.54, 1.807) is 18.2 Å². The predicted molar refractivity (Wildman–Crippen MR) is 55.5 cm³/mol. The number of hydrogen-bond donors (Lipinski definition) is 0. The second kappa shape index (κ2) is 3.98. The van der Waals surface area contributed by atoms with Crippen LogP contribution in [0.3, 0.4) is 0 Å². The fourth-order valence-corrected chi connectivity index (χ4v) is 1.64. The van der Waals surface area contributed by atoms with E-state index in [2.05, 4.69) is 0 Å². The van der Waals surface area contributed by atoms with Gasteiger partial charge in [-0.2, -0.15) is 18.4 Å². The lowest BCUT2D eigenvalue weighted by Gasteiger charge is -2.14. The molecule has 0 N–H and O–H groups in total. The monoisotopic (exact) mass is 236 g/mol. The van der Waals surface area contributed by atoms with Crippen LogP contribution in [0.2, 0.25) is 0 Å². The number of nitriles is 1. The molecular formula is C12H7F3N2. The van der Waals surface area contributed by atoms with Gasteiger partial charge >= 0.3 is 6.18 Å². The van der Waals surface area contributed by atoms with E-state index in [1.807, 2.05) is 0 Å². The van der Waals surface area contributed by atoms with Crippen molar-refractivity contribution in [3.05, 3.63) is 53.9 Å². The molecule has 5 heteroatoms. The van der Waals surface area contributed by atoms with Crippen LogP contribution in [0.15, 0.2) is 42.7 Å². The van der Waals surface area contributed by atoms with Gasteiger partial charge in [0.1, 0.15) is 0 Å². The van der Waals surface area contributed by atoms with Crippen LogP contribution in [-0.2, 0) is 6.18 Å². The van der Waals surface area contributed by atoms with E-state index in [0.717, 1.165) is 6.07 Å². The van der Waals surface area contributed by atoms with Gasteiger partial charge in [-0.05, 0) is 24.3 Å². The van der Waals surface area contributed by atoms with Crippen molar-refractivity contribution in [3.8, 4) is 11.8 Å². The van der Waals surface area contributed by atoms with Crippen LogP contribution in [0.25, 0.3) is 5.69 Å². The normalized spacial score (nSPS) is 11.2. The largest absolute Gasteiger partial charge is 0.419 e. The molecule has 1 heterocycles. The topological polar surface area (TPSA) is 28.7 Å². The van der Waals surface area contributed by atoms with Crippen LogP contribution < -0.4 is 0 Å². The molecule has 17 heavy (non-hydrogen) atoms. The van der Waals surface area contributed by atoms with Gasteiger partial charge in [0.2, 0.25) is 0 Å². The maximum atomic E-state index is 12.9. The summed E-state index contributed by atoms with van der Waals surface area (Å²) in [4.78, 5) is 0. The zero-order valence-corrected chi connectivity index (χ0v) is 8.57. The Bertz CT molecular complexity index is 562. The zero-order chi connectivity index (χ0) is 12.5. The molecule has 0 aliphatic carbocycles. The molecule has 0 atom stereocenters. The molecule has 0 aliphatic heterocycles. The van der Waals surface area contributed by atoms with E-state index in [9.17, 15) is 13.2 Å². The number of alkyl halides is 3. The van der Waals surface area contributed by atoms with Crippen molar-refractivity contribution in [1.82, 2.24) is 4.57 Å². The summed E-state index contributed by atoms with van der Waals surface area (Å²) in [7, 11) is 0. The second-order valence-corrected chi connectivity index (χ2v) is 3.40. The van der Waals surface area contributed by atoms with Crippen LogP contribution >= 0.6 is 0 Å². The lowest BCUT2D eigenvalue weighted by molar-refractivity contribution is -0.137. The van der Waals surface area contributed by atoms with Crippen molar-refractivity contribution in [1.29, 1.82) is 5.26 Å². The number of aromatic nitrogens is 1. The van der Waals surface area contributed by atoms with Gasteiger partial charge in [0, 0.05) is 12.4 Å². The highest BCUT2D eigenvalue weighted by molar-refractivity contribution is 5.52. The van der Waals surface area contributed by atoms with Crippen molar-refractivity contribution in [2.75, 3.05) is 0 Å². The van der Waals surface area contributed by atoms with E-state index < -0.39 is 11.7 Å². The first-order chi connectivity index (χ1) is 8.04. The first kappa shape index (κ1) is 11.3. The molecule has 2 nitrogen and oxygen atoms in total. The summed E-state index contributed by atoms with van der Waals surface area (Å²) in [5.74, 6) is 0. The summed E-state index contributed by atoms with van der Waals surface area (Å²) in [5.41, 5.74) is -1.32. The van der Waals surface area contributed by atoms with Gasteiger partial charge in [-0.25, -0.2) is 0 Å². The summed E-state index contributed by atoms with van der Waals surface area (Å²) in [5, 5.41) is 8.74. The molecule has 0 saturated carbocycles. The predicted octanol–water partition coefficient (Wildman–Crippen LogP) is 3.37. The van der Waals surface area contributed by atoms with Crippen LogP contribution in [0, 0.1) is 11.3 Å². The number of benzene rings is 1. The molecule has 0 aliphatic rings. The Kier molecular flexibility index (Phi) is 2.64. The van der Waals surface area contributed by atoms with Crippen LogP contribution in [0.4, 0.5) is 13.2 Å². The Labute approximate surface area is 95.5 Å². The molecule has 2 rings (SSSR count). The third kappa shape index (κ3) is 2.02. The average Bonchev–Trinajstić information content (AvgIpc) is 2.80. The summed E-state index contributed by atoms with van der Waals surface area (Å²) < 4.78 is 40.1. The lowest BCUT2D eigenvalue weighted by atomic mass is 10.1. The number of rotatable bonds is 1. The SMILES string of the molecule is N#Cc1cccc(-n2cccc2)c1C(F)(F)F. The van der Waals surface area contributed by atoms with E-state index >= 15 is 0 Å². The van der Waals surface area contributed by atoms with Gasteiger partial charge in [0.15, 0.2) is 0 Å². The fraction of sp³-hybridized carbons (Fsp3) is 0.0833. The summed E-state index contributed by atoms with van der Waals surface area (Å²) in [6.45, 7) is 0. The maximum Gasteiger partial charge on any atom is 0.419 e. The Hall–Kier alpha value is -2.22. The summed E-state index contributed by atoms with van der Waals surface area (Å²) in [6.07, 6.45) is -1.54. The Morgan fingerprint density at radius 1 is 1.06 bits per heavy atom. The molecule has 0 radical (unpaired) electrons. The van der Waals surface area contributed by atoms with Gasteiger partial charge in [0.25, 0.3) is 0 Å². The van der Waals surface area contributed by atoms with Crippen molar-refractivity contribution < 1.29 is 13.2 Å². The van der Waals surface area contributed by atoms with Gasteiger partial charge in [0.05, 0.1) is 22.9 Å². The maximum absolute atomic E-state index is 12.9. The average molecular weight is 236 g/mol. The first-order valence-electron chi connectivity index (χ1n) is 4.77. The van der Waals surface area contributed by atoms with Crippen molar-refractivity contribution in [2.45, 2.75) is 6.18 Å². The number of halogens is 3. The quantitative estimate of drug-likeness (QED) is 0.746. The van der Waals surface area contributed by atoms with Crippen LogP contribution in [0.5, 0.6) is 0 Å². The summed E-state index contributed by atoms with van der Waals surface area (Å²) in [6, 6.07) is 8.75. The molecule has 0 saturated heterocycles. The third-order valence-corrected chi connectivity index (χ3v) is 2.33. The molecule has 0 spiro atoms. The van der Waals surface area contributed by atoms with Crippen LogP contribution in [-0.4, -0.2) is 4.57 Å². The van der Waals surface area contributed by atoms with Gasteiger partial charge in [-0.15, -0.1) is 0 Å². The smallest absolute Gasteiger partial charge is 0.323 e. The van der Waals surface area contributed by atoms with E-state index in [-0.39, 0.29) is 11.3 Å². The van der Waals surface area contributed by atoms with Crippen molar-refractivity contribution in [2.24, 2.45) is 0 Å². The highest BCUT2D eigenvalue weighted by Gasteiger charge is 2.36. The van der Waals surface area contributed by atoms with E-state index in [1.165, 1.54) is 29.1 Å². The number of nitrogens with zero attached hydrogens (tertiary/aromatic N) is 2. The van der Waals surface area contributed by atoms with E-state index in [0.29, 0.717) is 0 Å². The van der Waals surface area contributed by atoms with Crippen molar-refractivity contribution in [3.63, 3.8) is 0 Å². The standard InChI is InChI=1S/C12H7F3N2/c13-12(14,15)11-9(8-16)4-3-5-10(11)17-6-1-2-7-17/h1-7H. The fourth-order valence-electron chi connectivity index (χ4n) is 1.64. The molecular weight excluding hydrogens is 229 g/mol. The second-order valence-electron chi connectivity index (χ2n) is 3.40. The van der Waals surface area contributed by atoms with Gasteiger partial charge < -0.3 is 4.57 Å². The highest BCUT2D eigenvalue weighted by atomic mass is 19.4. The Morgan fingerprint density at radius 2 is 1.71 bits per heavy atom. The number of hydrogen-bond acceptors (Lipinski definition) is 1. The van der Waals surface area contributed by atoms with Crippen molar-refractivity contribution >= 4 is 0 Å².